The Kier molecular flexibility index (Phi) is 7.54. The van der Waals surface area contributed by atoms with Gasteiger partial charge in [0.2, 0.25) is 0 Å². The standard InChI is InChI=1S/C57H35N5/c1-3-15-37(16-4-1)55-58-56(38-17-5-2-6-18-38)60-57(59-55)42-28-27-36-29-30-44(32-43(36)31-42)61-50-26-14-12-24-47(50)53-52(61)35-41-21-9-10-22-45(41)54(53)62-49-25-13-11-23-46(49)48-33-39-19-7-8-20-40(39)34-51(48)62/h1-35H. The Hall–Kier alpha value is -8.41. The minimum Gasteiger partial charge on any atom is -0.309 e. The molecule has 13 aromatic rings. The van der Waals surface area contributed by atoms with E-state index >= 15 is 0 Å². The molecule has 0 amide bonds. The minimum absolute atomic E-state index is 0.636. The third-order valence-electron chi connectivity index (χ3n) is 12.5. The highest BCUT2D eigenvalue weighted by Crippen LogP contribution is 2.44. The molecule has 0 N–H and O–H groups in total. The summed E-state index contributed by atoms with van der Waals surface area (Å²) in [7, 11) is 0. The van der Waals surface area contributed by atoms with Crippen molar-refractivity contribution in [2.75, 3.05) is 0 Å². The van der Waals surface area contributed by atoms with E-state index in [0.717, 1.165) is 44.2 Å². The van der Waals surface area contributed by atoms with Gasteiger partial charge in [0.05, 0.1) is 27.8 Å². The molecular formula is C57H35N5. The van der Waals surface area contributed by atoms with E-state index in [1.54, 1.807) is 0 Å². The van der Waals surface area contributed by atoms with Crippen molar-refractivity contribution in [2.45, 2.75) is 0 Å². The Morgan fingerprint density at radius 1 is 0.274 bits per heavy atom. The fourth-order valence-electron chi connectivity index (χ4n) is 9.62. The number of hydrogen-bond acceptors (Lipinski definition) is 3. The molecule has 3 heterocycles. The summed E-state index contributed by atoms with van der Waals surface area (Å²) in [4.78, 5) is 15.0. The summed E-state index contributed by atoms with van der Waals surface area (Å²) in [5.74, 6) is 1.93. The SMILES string of the molecule is c1ccc(-c2nc(-c3ccccc3)nc(-c3ccc4ccc(-n5c6ccccc6c6c(-n7c8ccccc8c8cc9ccccc9cc87)c7ccccc7cc65)cc4c3)n2)cc1. The maximum absolute atomic E-state index is 5.05. The monoisotopic (exact) mass is 789 g/mol. The van der Waals surface area contributed by atoms with Crippen LogP contribution in [0.3, 0.4) is 0 Å². The molecule has 5 nitrogen and oxygen atoms in total. The van der Waals surface area contributed by atoms with Crippen LogP contribution in [0.2, 0.25) is 0 Å². The first kappa shape index (κ1) is 34.5. The van der Waals surface area contributed by atoms with Crippen molar-refractivity contribution >= 4 is 75.9 Å². The third kappa shape index (κ3) is 5.32. The van der Waals surface area contributed by atoms with Crippen molar-refractivity contribution in [3.63, 3.8) is 0 Å². The third-order valence-corrected chi connectivity index (χ3v) is 12.5. The number of rotatable bonds is 5. The number of fused-ring (bicyclic) bond motifs is 9. The van der Waals surface area contributed by atoms with Crippen LogP contribution < -0.4 is 0 Å². The van der Waals surface area contributed by atoms with E-state index in [2.05, 4.69) is 161 Å². The van der Waals surface area contributed by atoms with Gasteiger partial charge in [-0.2, -0.15) is 0 Å². The van der Waals surface area contributed by atoms with Crippen molar-refractivity contribution in [3.05, 3.63) is 212 Å². The lowest BCUT2D eigenvalue weighted by molar-refractivity contribution is 1.07. The summed E-state index contributed by atoms with van der Waals surface area (Å²) in [5.41, 5.74) is 9.79. The summed E-state index contributed by atoms with van der Waals surface area (Å²) in [5, 5.41) is 12.0. The van der Waals surface area contributed by atoms with E-state index < -0.39 is 0 Å². The van der Waals surface area contributed by atoms with Gasteiger partial charge in [0.25, 0.3) is 0 Å². The number of para-hydroxylation sites is 2. The molecule has 0 saturated heterocycles. The highest BCUT2D eigenvalue weighted by molar-refractivity contribution is 6.23. The first-order valence-corrected chi connectivity index (χ1v) is 21.0. The molecular weight excluding hydrogens is 755 g/mol. The Morgan fingerprint density at radius 2 is 0.806 bits per heavy atom. The summed E-state index contributed by atoms with van der Waals surface area (Å²) in [6, 6.07) is 75.9. The summed E-state index contributed by atoms with van der Waals surface area (Å²) >= 11 is 0. The molecule has 62 heavy (non-hydrogen) atoms. The predicted molar refractivity (Wildman–Crippen MR) is 257 cm³/mol. The normalized spacial score (nSPS) is 11.9. The highest BCUT2D eigenvalue weighted by Gasteiger charge is 2.23. The van der Waals surface area contributed by atoms with Gasteiger partial charge in [0.15, 0.2) is 17.5 Å². The van der Waals surface area contributed by atoms with E-state index in [9.17, 15) is 0 Å². The molecule has 0 atom stereocenters. The molecule has 10 aromatic carbocycles. The van der Waals surface area contributed by atoms with E-state index in [1.807, 2.05) is 60.7 Å². The van der Waals surface area contributed by atoms with Crippen LogP contribution in [0.15, 0.2) is 212 Å². The van der Waals surface area contributed by atoms with Crippen LogP contribution in [0.25, 0.3) is 121 Å². The lowest BCUT2D eigenvalue weighted by Gasteiger charge is -2.16. The summed E-state index contributed by atoms with van der Waals surface area (Å²) in [6.07, 6.45) is 0. The number of hydrogen-bond donors (Lipinski definition) is 0. The van der Waals surface area contributed by atoms with Gasteiger partial charge in [-0.15, -0.1) is 0 Å². The zero-order valence-electron chi connectivity index (χ0n) is 33.4. The van der Waals surface area contributed by atoms with Gasteiger partial charge in [0.1, 0.15) is 0 Å². The quantitative estimate of drug-likeness (QED) is 0.174. The van der Waals surface area contributed by atoms with Gasteiger partial charge in [-0.1, -0.05) is 164 Å². The highest BCUT2D eigenvalue weighted by atomic mass is 15.0. The second-order valence-electron chi connectivity index (χ2n) is 16.0. The van der Waals surface area contributed by atoms with E-state index in [0.29, 0.717) is 17.5 Å². The van der Waals surface area contributed by atoms with Crippen LogP contribution in [-0.2, 0) is 0 Å². The van der Waals surface area contributed by atoms with Crippen molar-refractivity contribution in [1.29, 1.82) is 0 Å². The molecule has 0 saturated carbocycles. The van der Waals surface area contributed by atoms with Crippen LogP contribution in [0.1, 0.15) is 0 Å². The van der Waals surface area contributed by atoms with Gasteiger partial charge in [-0.25, -0.2) is 15.0 Å². The average Bonchev–Trinajstić information content (AvgIpc) is 3.84. The molecule has 5 heteroatoms. The minimum atomic E-state index is 0.636. The predicted octanol–water partition coefficient (Wildman–Crippen LogP) is 14.5. The maximum atomic E-state index is 5.05. The Balaban J connectivity index is 1.06. The van der Waals surface area contributed by atoms with Gasteiger partial charge in [0, 0.05) is 49.3 Å². The fraction of sp³-hybridized carbons (Fsp3) is 0. The van der Waals surface area contributed by atoms with Gasteiger partial charge < -0.3 is 9.13 Å². The lowest BCUT2D eigenvalue weighted by atomic mass is 10.0. The zero-order valence-corrected chi connectivity index (χ0v) is 33.4. The second-order valence-corrected chi connectivity index (χ2v) is 16.0. The maximum Gasteiger partial charge on any atom is 0.164 e. The number of aromatic nitrogens is 5. The van der Waals surface area contributed by atoms with E-state index in [1.165, 1.54) is 59.8 Å². The average molecular weight is 790 g/mol. The van der Waals surface area contributed by atoms with Crippen LogP contribution in [0.5, 0.6) is 0 Å². The van der Waals surface area contributed by atoms with Crippen molar-refractivity contribution < 1.29 is 0 Å². The number of benzene rings is 10. The van der Waals surface area contributed by atoms with Crippen LogP contribution in [-0.4, -0.2) is 24.1 Å². The Morgan fingerprint density at radius 3 is 1.52 bits per heavy atom. The van der Waals surface area contributed by atoms with Crippen molar-refractivity contribution in [3.8, 4) is 45.5 Å². The Bertz CT molecular complexity index is 3860. The molecule has 0 aliphatic heterocycles. The van der Waals surface area contributed by atoms with Crippen molar-refractivity contribution in [1.82, 2.24) is 24.1 Å². The van der Waals surface area contributed by atoms with Gasteiger partial charge in [-0.3, -0.25) is 0 Å². The Labute approximate surface area is 356 Å². The smallest absolute Gasteiger partial charge is 0.164 e. The molecule has 0 bridgehead atoms. The molecule has 0 spiro atoms. The number of nitrogens with zero attached hydrogens (tertiary/aromatic N) is 5. The molecule has 0 radical (unpaired) electrons. The molecule has 288 valence electrons. The second kappa shape index (κ2) is 13.6. The van der Waals surface area contributed by atoms with E-state index in [4.69, 9.17) is 15.0 Å². The lowest BCUT2D eigenvalue weighted by Crippen LogP contribution is -2.00. The first-order chi connectivity index (χ1) is 30.7. The largest absolute Gasteiger partial charge is 0.309 e. The molecule has 0 aliphatic rings. The van der Waals surface area contributed by atoms with Gasteiger partial charge in [-0.05, 0) is 75.5 Å². The van der Waals surface area contributed by atoms with Crippen LogP contribution in [0, 0.1) is 0 Å². The molecule has 3 aromatic heterocycles. The zero-order chi connectivity index (χ0) is 40.7. The molecule has 13 rings (SSSR count). The van der Waals surface area contributed by atoms with Crippen LogP contribution >= 0.6 is 0 Å². The molecule has 0 unspecified atom stereocenters. The van der Waals surface area contributed by atoms with Crippen LogP contribution in [0.4, 0.5) is 0 Å². The van der Waals surface area contributed by atoms with E-state index in [-0.39, 0.29) is 0 Å². The topological polar surface area (TPSA) is 48.5 Å². The summed E-state index contributed by atoms with van der Waals surface area (Å²) in [6.45, 7) is 0. The first-order valence-electron chi connectivity index (χ1n) is 21.0. The molecule has 0 aliphatic carbocycles. The van der Waals surface area contributed by atoms with Crippen molar-refractivity contribution in [2.24, 2.45) is 0 Å². The van der Waals surface area contributed by atoms with Gasteiger partial charge >= 0.3 is 0 Å². The summed E-state index contributed by atoms with van der Waals surface area (Å²) < 4.78 is 4.97. The fourth-order valence-corrected chi connectivity index (χ4v) is 9.62. The molecule has 0 fully saturated rings.